The van der Waals surface area contributed by atoms with E-state index in [1.807, 2.05) is 0 Å². The van der Waals surface area contributed by atoms with Crippen molar-refractivity contribution in [3.63, 3.8) is 0 Å². The van der Waals surface area contributed by atoms with E-state index in [-0.39, 0.29) is 42.1 Å². The first-order valence-corrected chi connectivity index (χ1v) is 1.76. The number of carboxylic acids is 2. The molecule has 0 saturated heterocycles. The third-order valence-corrected chi connectivity index (χ3v) is 0.175. The van der Waals surface area contributed by atoms with Crippen LogP contribution < -0.4 is 0 Å². The number of carbonyl (C=O) groups is 2. The molecule has 0 fully saturated rings. The molecule has 0 aromatic rings. The van der Waals surface area contributed by atoms with E-state index in [1.165, 1.54) is 0 Å². The van der Waals surface area contributed by atoms with E-state index >= 15 is 0 Å². The van der Waals surface area contributed by atoms with Gasteiger partial charge in [0.15, 0.2) is 11.9 Å². The Morgan fingerprint density at radius 2 is 0.917 bits per heavy atom. The normalized spacial score (nSPS) is 5.33. The number of aliphatic carboxylic acids is 2. The Balaban J connectivity index is -0.0000000457. The fourth-order valence-electron chi connectivity index (χ4n) is 0. The predicted molar refractivity (Wildman–Crippen MR) is 26.7 cm³/mol. The SMILES string of the molecule is O=[C-]C(=O)O.O=[C-]C(=O)O.[Pt].[Pt]. The molecule has 2 N–H and O–H groups in total. The van der Waals surface area contributed by atoms with Crippen LogP contribution in [0.15, 0.2) is 0 Å². The van der Waals surface area contributed by atoms with Gasteiger partial charge in [-0.1, -0.05) is 0 Å². The van der Waals surface area contributed by atoms with Crippen LogP contribution in [-0.4, -0.2) is 34.7 Å². The van der Waals surface area contributed by atoms with E-state index in [0.717, 1.165) is 0 Å². The zero-order valence-electron chi connectivity index (χ0n) is 5.16. The zero-order valence-corrected chi connectivity index (χ0v) is 9.70. The molecule has 0 unspecified atom stereocenters. The molecule has 6 nitrogen and oxygen atoms in total. The summed E-state index contributed by atoms with van der Waals surface area (Å²) in [4.78, 5) is 35.4. The molecule has 0 heterocycles. The molecular formula is C4H2O6Pt2-2. The summed E-state index contributed by atoms with van der Waals surface area (Å²) in [5, 5.41) is 14.6. The van der Waals surface area contributed by atoms with E-state index in [4.69, 9.17) is 29.4 Å². The Kier molecular flexibility index (Phi) is 31.9. The Bertz CT molecular complexity index is 138. The number of carboxylic acid groups (broad SMARTS) is 2. The van der Waals surface area contributed by atoms with Gasteiger partial charge in [-0.25, -0.2) is 0 Å². The third kappa shape index (κ3) is 54.1. The quantitative estimate of drug-likeness (QED) is 0.324. The van der Waals surface area contributed by atoms with E-state index in [1.54, 1.807) is 0 Å². The summed E-state index contributed by atoms with van der Waals surface area (Å²) in [5.74, 6) is -3.10. The molecule has 76 valence electrons. The van der Waals surface area contributed by atoms with Crippen LogP contribution in [0.25, 0.3) is 0 Å². The zero-order chi connectivity index (χ0) is 8.57. The molecule has 0 aliphatic rings. The van der Waals surface area contributed by atoms with Crippen molar-refractivity contribution >= 4 is 24.5 Å². The molecular weight excluding hydrogens is 534 g/mol. The molecule has 0 atom stereocenters. The third-order valence-electron chi connectivity index (χ3n) is 0.175. The Labute approximate surface area is 95.9 Å². The summed E-state index contributed by atoms with van der Waals surface area (Å²) in [6, 6.07) is 0. The largest absolute Gasteiger partial charge is 0.531 e. The van der Waals surface area contributed by atoms with Crippen molar-refractivity contribution in [2.75, 3.05) is 0 Å². The maximum atomic E-state index is 8.94. The van der Waals surface area contributed by atoms with Gasteiger partial charge in [0.1, 0.15) is 0 Å². The van der Waals surface area contributed by atoms with Crippen molar-refractivity contribution < 1.29 is 71.5 Å². The average Bonchev–Trinajstić information content (AvgIpc) is 1.89. The summed E-state index contributed by atoms with van der Waals surface area (Å²) in [5.41, 5.74) is 0. The molecule has 0 bridgehead atoms. The summed E-state index contributed by atoms with van der Waals surface area (Å²) >= 11 is 0. The minimum Gasteiger partial charge on any atom is -0.531 e. The second-order valence-electron chi connectivity index (χ2n) is 0.814. The Morgan fingerprint density at radius 3 is 0.917 bits per heavy atom. The molecule has 0 aromatic carbocycles. The maximum absolute atomic E-state index is 8.94. The van der Waals surface area contributed by atoms with Crippen LogP contribution in [0.3, 0.4) is 0 Å². The van der Waals surface area contributed by atoms with Gasteiger partial charge in [0.05, 0.1) is 0 Å². The van der Waals surface area contributed by atoms with Gasteiger partial charge in [0.25, 0.3) is 0 Å². The summed E-state index contributed by atoms with van der Waals surface area (Å²) in [6.07, 6.45) is 1.39. The van der Waals surface area contributed by atoms with Gasteiger partial charge >= 0.3 is 0 Å². The summed E-state index contributed by atoms with van der Waals surface area (Å²) in [7, 11) is 0. The van der Waals surface area contributed by atoms with E-state index < -0.39 is 11.9 Å². The minimum atomic E-state index is -1.55. The van der Waals surface area contributed by atoms with Crippen LogP contribution in [0.2, 0.25) is 0 Å². The fourth-order valence-corrected chi connectivity index (χ4v) is 0. The Hall–Kier alpha value is -0.343. The van der Waals surface area contributed by atoms with Gasteiger partial charge in [0, 0.05) is 42.1 Å². The predicted octanol–water partition coefficient (Wildman–Crippen LogP) is -1.64. The van der Waals surface area contributed by atoms with Gasteiger partial charge in [-0.3, -0.25) is 9.59 Å². The molecule has 0 rings (SSSR count). The molecule has 0 aliphatic carbocycles. The molecule has 0 saturated carbocycles. The molecule has 0 aliphatic heterocycles. The first-order chi connectivity index (χ1) is 4.54. The standard InChI is InChI=1S/2C2HO3.2Pt/c2*3-1-2(4)5;;/h2*(H,4,5);;/q2*-1;;. The molecule has 12 heavy (non-hydrogen) atoms. The van der Waals surface area contributed by atoms with Gasteiger partial charge in [-0.15, -0.1) is 0 Å². The van der Waals surface area contributed by atoms with Crippen LogP contribution in [0, 0.1) is 0 Å². The Morgan fingerprint density at radius 1 is 0.833 bits per heavy atom. The van der Waals surface area contributed by atoms with E-state index in [9.17, 15) is 0 Å². The molecule has 0 aromatic heterocycles. The monoisotopic (exact) mass is 536 g/mol. The minimum absolute atomic E-state index is 0. The fraction of sp³-hybridized carbons (Fsp3) is 0. The summed E-state index contributed by atoms with van der Waals surface area (Å²) < 4.78 is 0. The van der Waals surface area contributed by atoms with Crippen molar-refractivity contribution in [2.45, 2.75) is 0 Å². The van der Waals surface area contributed by atoms with Gasteiger partial charge in [-0.2, -0.15) is 12.6 Å². The number of hydrogen-bond donors (Lipinski definition) is 2. The van der Waals surface area contributed by atoms with Gasteiger partial charge in [-0.05, 0) is 0 Å². The smallest absolute Gasteiger partial charge is 0.180 e. The molecule has 0 amide bonds. The topological polar surface area (TPSA) is 109 Å². The number of rotatable bonds is 2. The second kappa shape index (κ2) is 17.0. The molecule has 8 heteroatoms. The maximum Gasteiger partial charge on any atom is 0.180 e. The average molecular weight is 536 g/mol. The van der Waals surface area contributed by atoms with Gasteiger partial charge in [0.2, 0.25) is 0 Å². The van der Waals surface area contributed by atoms with Crippen LogP contribution >= 0.6 is 0 Å². The van der Waals surface area contributed by atoms with Crippen molar-refractivity contribution in [1.29, 1.82) is 0 Å². The van der Waals surface area contributed by atoms with Crippen molar-refractivity contribution in [2.24, 2.45) is 0 Å². The van der Waals surface area contributed by atoms with E-state index in [0.29, 0.717) is 12.6 Å². The first-order valence-electron chi connectivity index (χ1n) is 1.76. The molecule has 0 radical (unpaired) electrons. The van der Waals surface area contributed by atoms with Crippen LogP contribution in [-0.2, 0) is 61.3 Å². The van der Waals surface area contributed by atoms with Crippen molar-refractivity contribution in [1.82, 2.24) is 0 Å². The number of hydrogen-bond acceptors (Lipinski definition) is 4. The van der Waals surface area contributed by atoms with Gasteiger partial charge < -0.3 is 19.8 Å². The number of carbonyl (C=O) groups excluding carboxylic acids is 2. The van der Waals surface area contributed by atoms with Crippen molar-refractivity contribution in [3.8, 4) is 0 Å². The van der Waals surface area contributed by atoms with Crippen molar-refractivity contribution in [3.05, 3.63) is 0 Å². The second-order valence-corrected chi connectivity index (χ2v) is 0.814. The van der Waals surface area contributed by atoms with E-state index in [2.05, 4.69) is 0 Å². The molecule has 0 spiro atoms. The van der Waals surface area contributed by atoms with Crippen LogP contribution in [0.5, 0.6) is 0 Å². The van der Waals surface area contributed by atoms with Crippen LogP contribution in [0.1, 0.15) is 0 Å². The first kappa shape index (κ1) is 22.6. The summed E-state index contributed by atoms with van der Waals surface area (Å²) in [6.45, 7) is 0. The van der Waals surface area contributed by atoms with Crippen LogP contribution in [0.4, 0.5) is 0 Å².